The van der Waals surface area contributed by atoms with E-state index in [2.05, 4.69) is 66.9 Å². The highest BCUT2D eigenvalue weighted by atomic mass is 16.3. The molecule has 0 aliphatic heterocycles. The Morgan fingerprint density at radius 2 is 1.49 bits per heavy atom. The van der Waals surface area contributed by atoms with E-state index in [0.717, 1.165) is 12.3 Å². The molecule has 194 valence electrons. The number of aliphatic hydroxyl groups is 1. The summed E-state index contributed by atoms with van der Waals surface area (Å²) in [5.74, 6) is 2.05. The van der Waals surface area contributed by atoms with Gasteiger partial charge in [0, 0.05) is 5.41 Å². The number of rotatable bonds is 1. The van der Waals surface area contributed by atoms with Crippen molar-refractivity contribution < 1.29 is 9.52 Å². The topological polar surface area (TPSA) is 33.4 Å². The molecule has 0 spiro atoms. The molecule has 0 amide bonds. The molecule has 4 saturated carbocycles. The predicted octanol–water partition coefficient (Wildman–Crippen LogP) is 8.69. The highest BCUT2D eigenvalue weighted by Crippen LogP contribution is 2.75. The Labute approximate surface area is 214 Å². The Balaban J connectivity index is 1.45. The van der Waals surface area contributed by atoms with Crippen LogP contribution < -0.4 is 0 Å². The molecule has 2 nitrogen and oxygen atoms in total. The second kappa shape index (κ2) is 7.30. The van der Waals surface area contributed by atoms with Crippen LogP contribution in [-0.2, 0) is 5.41 Å². The van der Waals surface area contributed by atoms with E-state index >= 15 is 0 Å². The monoisotopic (exact) mass is 478 g/mol. The number of furan rings is 1. The van der Waals surface area contributed by atoms with E-state index in [1.165, 1.54) is 63.4 Å². The van der Waals surface area contributed by atoms with Crippen LogP contribution in [0.2, 0.25) is 0 Å². The molecular formula is C33H50O2. The highest BCUT2D eigenvalue weighted by molar-refractivity contribution is 5.40. The Morgan fingerprint density at radius 1 is 0.800 bits per heavy atom. The second-order valence-electron chi connectivity index (χ2n) is 15.8. The van der Waals surface area contributed by atoms with Gasteiger partial charge in [-0.05, 0) is 121 Å². The Hall–Kier alpha value is -1.02. The molecule has 1 heterocycles. The minimum atomic E-state index is -0.146. The van der Waals surface area contributed by atoms with Crippen molar-refractivity contribution in [2.75, 3.05) is 0 Å². The van der Waals surface area contributed by atoms with Crippen LogP contribution in [0, 0.1) is 44.8 Å². The third-order valence-corrected chi connectivity index (χ3v) is 13.4. The Kier molecular flexibility index (Phi) is 5.07. The van der Waals surface area contributed by atoms with Gasteiger partial charge in [-0.15, -0.1) is 0 Å². The van der Waals surface area contributed by atoms with Crippen molar-refractivity contribution in [3.8, 4) is 0 Å². The van der Waals surface area contributed by atoms with Gasteiger partial charge in [-0.25, -0.2) is 0 Å². The maximum atomic E-state index is 11.0. The number of allylic oxidation sites excluding steroid dienone is 2. The first-order valence-corrected chi connectivity index (χ1v) is 14.7. The average Bonchev–Trinajstić information content (AvgIpc) is 3.32. The van der Waals surface area contributed by atoms with Gasteiger partial charge in [0.2, 0.25) is 0 Å². The van der Waals surface area contributed by atoms with Crippen LogP contribution in [0.4, 0.5) is 0 Å². The molecule has 8 atom stereocenters. The van der Waals surface area contributed by atoms with Crippen LogP contribution in [0.5, 0.6) is 0 Å². The Morgan fingerprint density at radius 3 is 2.17 bits per heavy atom. The number of hydrogen-bond acceptors (Lipinski definition) is 2. The van der Waals surface area contributed by atoms with Crippen molar-refractivity contribution >= 4 is 0 Å². The van der Waals surface area contributed by atoms with E-state index in [9.17, 15) is 5.11 Å². The number of hydrogen-bond donors (Lipinski definition) is 1. The molecule has 1 aromatic rings. The molecule has 1 N–H and O–H groups in total. The van der Waals surface area contributed by atoms with E-state index < -0.39 is 0 Å². The molecule has 0 bridgehead atoms. The van der Waals surface area contributed by atoms with E-state index in [1.54, 1.807) is 0 Å². The summed E-state index contributed by atoms with van der Waals surface area (Å²) in [6.07, 6.45) is 19.1. The molecule has 5 aliphatic rings. The molecule has 4 fully saturated rings. The third kappa shape index (κ3) is 3.04. The predicted molar refractivity (Wildman–Crippen MR) is 143 cm³/mol. The first kappa shape index (κ1) is 24.3. The van der Waals surface area contributed by atoms with Crippen molar-refractivity contribution in [2.24, 2.45) is 44.8 Å². The summed E-state index contributed by atoms with van der Waals surface area (Å²) < 4.78 is 5.70. The second-order valence-corrected chi connectivity index (χ2v) is 15.8. The summed E-state index contributed by atoms with van der Waals surface area (Å²) in [7, 11) is 0. The zero-order chi connectivity index (χ0) is 25.1. The van der Waals surface area contributed by atoms with Crippen LogP contribution in [0.1, 0.15) is 118 Å². The fourth-order valence-electron chi connectivity index (χ4n) is 11.5. The average molecular weight is 479 g/mol. The number of aliphatic hydroxyl groups excluding tert-OH is 1. The summed E-state index contributed by atoms with van der Waals surface area (Å²) in [6.45, 7) is 17.7. The van der Waals surface area contributed by atoms with Gasteiger partial charge in [-0.3, -0.25) is 0 Å². The minimum Gasteiger partial charge on any atom is -0.472 e. The van der Waals surface area contributed by atoms with Crippen LogP contribution in [-0.4, -0.2) is 11.2 Å². The van der Waals surface area contributed by atoms with E-state index in [0.29, 0.717) is 28.1 Å². The fourth-order valence-corrected chi connectivity index (χ4v) is 11.5. The molecule has 0 saturated heterocycles. The highest BCUT2D eigenvalue weighted by Gasteiger charge is 2.67. The summed E-state index contributed by atoms with van der Waals surface area (Å²) in [5, 5.41) is 11.0. The molecule has 2 heteroatoms. The summed E-state index contributed by atoms with van der Waals surface area (Å²) in [4.78, 5) is 0. The van der Waals surface area contributed by atoms with Crippen molar-refractivity contribution in [3.05, 3.63) is 35.8 Å². The Bertz CT molecular complexity index is 1020. The first-order valence-electron chi connectivity index (χ1n) is 14.7. The maximum absolute atomic E-state index is 11.0. The van der Waals surface area contributed by atoms with Gasteiger partial charge in [0.25, 0.3) is 0 Å². The molecular weight excluding hydrogens is 428 g/mol. The maximum Gasteiger partial charge on any atom is 0.0940 e. The smallest absolute Gasteiger partial charge is 0.0940 e. The van der Waals surface area contributed by atoms with Crippen LogP contribution >= 0.6 is 0 Å². The van der Waals surface area contributed by atoms with Crippen molar-refractivity contribution in [1.29, 1.82) is 0 Å². The van der Waals surface area contributed by atoms with Gasteiger partial charge in [-0.1, -0.05) is 60.1 Å². The van der Waals surface area contributed by atoms with Crippen molar-refractivity contribution in [1.82, 2.24) is 0 Å². The molecule has 0 aromatic carbocycles. The minimum absolute atomic E-state index is 0.0276. The lowest BCUT2D eigenvalue weighted by Gasteiger charge is -2.70. The fraction of sp³-hybridized carbons (Fsp3) is 0.818. The lowest BCUT2D eigenvalue weighted by Crippen LogP contribution is -2.63. The summed E-state index contributed by atoms with van der Waals surface area (Å²) in [6, 6.07) is 2.28. The summed E-state index contributed by atoms with van der Waals surface area (Å²) >= 11 is 0. The zero-order valence-corrected chi connectivity index (χ0v) is 23.5. The normalized spacial score (nSPS) is 50.2. The molecule has 6 rings (SSSR count). The molecule has 1 aromatic heterocycles. The van der Waals surface area contributed by atoms with Gasteiger partial charge in [0.1, 0.15) is 0 Å². The molecule has 35 heavy (non-hydrogen) atoms. The van der Waals surface area contributed by atoms with Gasteiger partial charge in [0.15, 0.2) is 0 Å². The van der Waals surface area contributed by atoms with Gasteiger partial charge < -0.3 is 9.52 Å². The zero-order valence-electron chi connectivity index (χ0n) is 23.5. The molecule has 5 aliphatic carbocycles. The van der Waals surface area contributed by atoms with Crippen LogP contribution in [0.25, 0.3) is 0 Å². The lowest BCUT2D eigenvalue weighted by molar-refractivity contribution is -0.181. The lowest BCUT2D eigenvalue weighted by atomic mass is 9.34. The summed E-state index contributed by atoms with van der Waals surface area (Å²) in [5.41, 5.74) is 4.86. The first-order chi connectivity index (χ1) is 16.3. The number of fused-ring (bicyclic) bond motifs is 7. The van der Waals surface area contributed by atoms with E-state index in [-0.39, 0.29) is 22.3 Å². The van der Waals surface area contributed by atoms with Crippen LogP contribution in [0.15, 0.2) is 34.7 Å². The third-order valence-electron chi connectivity index (χ3n) is 13.4. The van der Waals surface area contributed by atoms with E-state index in [1.807, 2.05) is 11.8 Å². The van der Waals surface area contributed by atoms with Crippen molar-refractivity contribution in [3.63, 3.8) is 0 Å². The van der Waals surface area contributed by atoms with Gasteiger partial charge >= 0.3 is 0 Å². The SMILES string of the molecule is CC1(C)CCC2(c3ccoc3)CC=C3C(C)(CCC4C3(C)CCC3C(C)(C)C(O)CCC43C)C2C1. The van der Waals surface area contributed by atoms with Gasteiger partial charge in [-0.2, -0.15) is 0 Å². The van der Waals surface area contributed by atoms with Crippen LogP contribution in [0.3, 0.4) is 0 Å². The largest absolute Gasteiger partial charge is 0.472 e. The van der Waals surface area contributed by atoms with Crippen molar-refractivity contribution in [2.45, 2.75) is 124 Å². The quantitative estimate of drug-likeness (QED) is 0.409. The molecule has 0 radical (unpaired) electrons. The van der Waals surface area contributed by atoms with E-state index in [4.69, 9.17) is 4.42 Å². The molecule has 8 unspecified atom stereocenters. The standard InChI is InChI=1S/C33H50O2/c1-28(2)17-18-33(22-12-19-35-21-22)16-10-25-31(6)13-8-23-29(3,4)27(34)11-15-30(23,5)24(31)9-14-32(25,7)26(33)20-28/h10,12,19,21,23-24,26-27,34H,8-9,11,13-18,20H2,1-7H3. The van der Waals surface area contributed by atoms with Gasteiger partial charge in [0.05, 0.1) is 18.6 Å².